The Kier molecular flexibility index (Phi) is 4.28. The predicted molar refractivity (Wildman–Crippen MR) is 68.3 cm³/mol. The molecule has 1 N–H and O–H groups in total. The number of benzene rings is 1. The quantitative estimate of drug-likeness (QED) is 0.905. The summed E-state index contributed by atoms with van der Waals surface area (Å²) in [5, 5.41) is 12.8. The summed E-state index contributed by atoms with van der Waals surface area (Å²) >= 11 is 1.55. The first-order valence-electron chi connectivity index (χ1n) is 5.60. The zero-order valence-corrected chi connectivity index (χ0v) is 10.8. The van der Waals surface area contributed by atoms with Gasteiger partial charge in [-0.15, -0.1) is 11.3 Å². The molecule has 2 rings (SSSR count). The van der Waals surface area contributed by atoms with Gasteiger partial charge < -0.3 is 9.84 Å². The van der Waals surface area contributed by atoms with E-state index in [0.717, 1.165) is 5.01 Å². The van der Waals surface area contributed by atoms with Gasteiger partial charge in [-0.2, -0.15) is 0 Å². The molecule has 5 heteroatoms. The smallest absolute Gasteiger partial charge is 0.165 e. The van der Waals surface area contributed by atoms with Crippen LogP contribution in [-0.2, 0) is 6.42 Å². The Morgan fingerprint density at radius 2 is 2.33 bits per heavy atom. The minimum atomic E-state index is -0.686. The van der Waals surface area contributed by atoms with E-state index < -0.39 is 11.9 Å². The first-order chi connectivity index (χ1) is 8.70. The van der Waals surface area contributed by atoms with Crippen LogP contribution in [0.2, 0.25) is 0 Å². The summed E-state index contributed by atoms with van der Waals surface area (Å²) in [6.45, 7) is 0. The standard InChI is InChI=1S/C13H14FNO2S/c1-17-12-4-2-9(8-10(12)14)11(16)3-5-13-15-6-7-18-13/h2,4,6-8,11,16H,3,5H2,1H3. The first-order valence-corrected chi connectivity index (χ1v) is 6.48. The number of nitrogens with zero attached hydrogens (tertiary/aromatic N) is 1. The summed E-state index contributed by atoms with van der Waals surface area (Å²) in [6, 6.07) is 4.51. The number of thiazole rings is 1. The van der Waals surface area contributed by atoms with E-state index in [9.17, 15) is 9.50 Å². The highest BCUT2D eigenvalue weighted by Gasteiger charge is 2.11. The average Bonchev–Trinajstić information content (AvgIpc) is 2.89. The van der Waals surface area contributed by atoms with Crippen LogP contribution in [0.3, 0.4) is 0 Å². The largest absolute Gasteiger partial charge is 0.494 e. The highest BCUT2D eigenvalue weighted by Crippen LogP contribution is 2.24. The Morgan fingerprint density at radius 1 is 1.50 bits per heavy atom. The first kappa shape index (κ1) is 13.0. The second kappa shape index (κ2) is 5.93. The topological polar surface area (TPSA) is 42.4 Å². The number of aliphatic hydroxyl groups excluding tert-OH is 1. The zero-order valence-electron chi connectivity index (χ0n) is 9.97. The number of halogens is 1. The third kappa shape index (κ3) is 3.05. The Morgan fingerprint density at radius 3 is 2.94 bits per heavy atom. The molecule has 1 atom stereocenters. The van der Waals surface area contributed by atoms with E-state index in [0.29, 0.717) is 18.4 Å². The summed E-state index contributed by atoms with van der Waals surface area (Å²) in [5.74, 6) is -0.269. The fourth-order valence-electron chi connectivity index (χ4n) is 1.69. The summed E-state index contributed by atoms with van der Waals surface area (Å²) in [7, 11) is 1.41. The molecule has 1 heterocycles. The fraction of sp³-hybridized carbons (Fsp3) is 0.308. The third-order valence-corrected chi connectivity index (χ3v) is 3.52. The molecule has 1 aromatic carbocycles. The van der Waals surface area contributed by atoms with E-state index in [-0.39, 0.29) is 5.75 Å². The van der Waals surface area contributed by atoms with E-state index in [4.69, 9.17) is 4.74 Å². The summed E-state index contributed by atoms with van der Waals surface area (Å²) < 4.78 is 18.3. The second-order valence-electron chi connectivity index (χ2n) is 3.87. The number of ether oxygens (including phenoxy) is 1. The molecule has 0 saturated heterocycles. The zero-order chi connectivity index (χ0) is 13.0. The van der Waals surface area contributed by atoms with E-state index >= 15 is 0 Å². The highest BCUT2D eigenvalue weighted by atomic mass is 32.1. The number of rotatable bonds is 5. The summed E-state index contributed by atoms with van der Waals surface area (Å²) in [4.78, 5) is 4.14. The van der Waals surface area contributed by atoms with Crippen molar-refractivity contribution >= 4 is 11.3 Å². The van der Waals surface area contributed by atoms with E-state index in [1.165, 1.54) is 19.2 Å². The molecule has 0 radical (unpaired) electrons. The van der Waals surface area contributed by atoms with Crippen molar-refractivity contribution in [2.75, 3.05) is 7.11 Å². The Bertz CT molecular complexity index is 502. The van der Waals surface area contributed by atoms with Crippen molar-refractivity contribution < 1.29 is 14.2 Å². The van der Waals surface area contributed by atoms with Gasteiger partial charge in [0.05, 0.1) is 18.2 Å². The minimum absolute atomic E-state index is 0.186. The average molecular weight is 267 g/mol. The number of aromatic nitrogens is 1. The van der Waals surface area contributed by atoms with Gasteiger partial charge in [-0.25, -0.2) is 9.37 Å². The Hall–Kier alpha value is -1.46. The van der Waals surface area contributed by atoms with Crippen molar-refractivity contribution in [3.05, 3.63) is 46.2 Å². The molecule has 0 bridgehead atoms. The van der Waals surface area contributed by atoms with Crippen molar-refractivity contribution in [2.45, 2.75) is 18.9 Å². The molecule has 96 valence electrons. The summed E-state index contributed by atoms with van der Waals surface area (Å²) in [6.07, 6.45) is 2.26. The minimum Gasteiger partial charge on any atom is -0.494 e. The molecule has 0 spiro atoms. The van der Waals surface area contributed by atoms with Crippen LogP contribution in [0.5, 0.6) is 5.75 Å². The lowest BCUT2D eigenvalue weighted by Crippen LogP contribution is -2.01. The van der Waals surface area contributed by atoms with Gasteiger partial charge in [-0.1, -0.05) is 6.07 Å². The van der Waals surface area contributed by atoms with Gasteiger partial charge in [0.1, 0.15) is 0 Å². The fourth-order valence-corrected chi connectivity index (χ4v) is 2.33. The van der Waals surface area contributed by atoms with Gasteiger partial charge in [0, 0.05) is 18.0 Å². The van der Waals surface area contributed by atoms with Crippen molar-refractivity contribution in [1.82, 2.24) is 4.98 Å². The maximum Gasteiger partial charge on any atom is 0.165 e. The Balaban J connectivity index is 2.00. The maximum absolute atomic E-state index is 13.5. The number of hydrogen-bond donors (Lipinski definition) is 1. The number of aryl methyl sites for hydroxylation is 1. The molecule has 3 nitrogen and oxygen atoms in total. The molecular weight excluding hydrogens is 253 g/mol. The molecule has 0 amide bonds. The van der Waals surface area contributed by atoms with Crippen LogP contribution in [0.4, 0.5) is 4.39 Å². The normalized spacial score (nSPS) is 12.4. The van der Waals surface area contributed by atoms with Gasteiger partial charge >= 0.3 is 0 Å². The Labute approximate surface area is 109 Å². The molecule has 0 saturated carbocycles. The van der Waals surface area contributed by atoms with Crippen molar-refractivity contribution in [1.29, 1.82) is 0 Å². The lowest BCUT2D eigenvalue weighted by Gasteiger charge is -2.11. The van der Waals surface area contributed by atoms with Gasteiger partial charge in [0.2, 0.25) is 0 Å². The maximum atomic E-state index is 13.5. The third-order valence-electron chi connectivity index (χ3n) is 2.68. The molecular formula is C13H14FNO2S. The summed E-state index contributed by atoms with van der Waals surface area (Å²) in [5.41, 5.74) is 0.560. The molecule has 0 fully saturated rings. The van der Waals surface area contributed by atoms with Crippen LogP contribution in [0.25, 0.3) is 0 Å². The second-order valence-corrected chi connectivity index (χ2v) is 4.85. The molecule has 2 aromatic rings. The van der Waals surface area contributed by atoms with Crippen LogP contribution in [0.1, 0.15) is 23.1 Å². The van der Waals surface area contributed by atoms with Gasteiger partial charge in [-0.05, 0) is 24.1 Å². The van der Waals surface area contributed by atoms with Crippen LogP contribution in [0.15, 0.2) is 29.8 Å². The highest BCUT2D eigenvalue weighted by molar-refractivity contribution is 7.09. The number of aliphatic hydroxyl groups is 1. The van der Waals surface area contributed by atoms with Crippen molar-refractivity contribution in [2.24, 2.45) is 0 Å². The molecule has 0 aliphatic carbocycles. The number of hydrogen-bond acceptors (Lipinski definition) is 4. The van der Waals surface area contributed by atoms with Gasteiger partial charge in [-0.3, -0.25) is 0 Å². The van der Waals surface area contributed by atoms with Crippen LogP contribution in [-0.4, -0.2) is 17.2 Å². The lowest BCUT2D eigenvalue weighted by atomic mass is 10.0. The van der Waals surface area contributed by atoms with Crippen LogP contribution < -0.4 is 4.74 Å². The monoisotopic (exact) mass is 267 g/mol. The molecule has 18 heavy (non-hydrogen) atoms. The molecule has 1 aromatic heterocycles. The van der Waals surface area contributed by atoms with Crippen molar-refractivity contribution in [3.63, 3.8) is 0 Å². The predicted octanol–water partition coefficient (Wildman–Crippen LogP) is 2.96. The van der Waals surface area contributed by atoms with Gasteiger partial charge in [0.15, 0.2) is 11.6 Å². The van der Waals surface area contributed by atoms with Crippen molar-refractivity contribution in [3.8, 4) is 5.75 Å². The van der Waals surface area contributed by atoms with E-state index in [2.05, 4.69) is 4.98 Å². The van der Waals surface area contributed by atoms with E-state index in [1.54, 1.807) is 23.6 Å². The molecule has 1 unspecified atom stereocenters. The lowest BCUT2D eigenvalue weighted by molar-refractivity contribution is 0.167. The SMILES string of the molecule is COc1ccc(C(O)CCc2nccs2)cc1F. The van der Waals surface area contributed by atoms with Crippen LogP contribution >= 0.6 is 11.3 Å². The molecule has 0 aliphatic rings. The van der Waals surface area contributed by atoms with Crippen LogP contribution in [0, 0.1) is 5.82 Å². The van der Waals surface area contributed by atoms with Gasteiger partial charge in [0.25, 0.3) is 0 Å². The number of methoxy groups -OCH3 is 1. The van der Waals surface area contributed by atoms with E-state index in [1.807, 2.05) is 5.38 Å². The molecule has 0 aliphatic heterocycles.